The Balaban J connectivity index is 1.84. The third-order valence-electron chi connectivity index (χ3n) is 3.19. The van der Waals surface area contributed by atoms with E-state index < -0.39 is 0 Å². The van der Waals surface area contributed by atoms with E-state index in [4.69, 9.17) is 0 Å². The van der Waals surface area contributed by atoms with Gasteiger partial charge in [-0.3, -0.25) is 5.43 Å². The molecule has 0 aliphatic heterocycles. The first-order valence-corrected chi connectivity index (χ1v) is 7.20. The molecular weight excluding hydrogens is 288 g/mol. The van der Waals surface area contributed by atoms with Gasteiger partial charge in [-0.25, -0.2) is 9.97 Å². The first-order valence-electron chi connectivity index (χ1n) is 7.20. The molecule has 1 aromatic heterocycles. The van der Waals surface area contributed by atoms with Crippen molar-refractivity contribution in [2.45, 2.75) is 6.92 Å². The van der Waals surface area contributed by atoms with Gasteiger partial charge in [0, 0.05) is 11.8 Å². The summed E-state index contributed by atoms with van der Waals surface area (Å²) in [7, 11) is 0. The van der Waals surface area contributed by atoms with Crippen LogP contribution in [-0.4, -0.2) is 21.3 Å². The van der Waals surface area contributed by atoms with Crippen LogP contribution < -0.4 is 5.43 Å². The molecule has 23 heavy (non-hydrogen) atoms. The lowest BCUT2D eigenvalue weighted by Crippen LogP contribution is -1.99. The highest BCUT2D eigenvalue weighted by molar-refractivity contribution is 5.80. The van der Waals surface area contributed by atoms with Gasteiger partial charge in [0.25, 0.3) is 0 Å². The lowest BCUT2D eigenvalue weighted by atomic mass is 10.2. The van der Waals surface area contributed by atoms with Crippen LogP contribution >= 0.6 is 0 Å². The molecule has 0 spiro atoms. The summed E-state index contributed by atoms with van der Waals surface area (Å²) >= 11 is 0. The number of nitrogens with zero attached hydrogens (tertiary/aromatic N) is 3. The summed E-state index contributed by atoms with van der Waals surface area (Å²) in [4.78, 5) is 8.77. The van der Waals surface area contributed by atoms with Crippen LogP contribution in [0.2, 0.25) is 0 Å². The fourth-order valence-corrected chi connectivity index (χ4v) is 2.12. The zero-order valence-corrected chi connectivity index (χ0v) is 12.6. The molecule has 1 heterocycles. The number of hydrazone groups is 1. The number of aromatic hydroxyl groups is 1. The number of rotatable bonds is 4. The topological polar surface area (TPSA) is 70.4 Å². The Labute approximate surface area is 134 Å². The van der Waals surface area contributed by atoms with E-state index in [1.807, 2.05) is 43.3 Å². The van der Waals surface area contributed by atoms with Gasteiger partial charge in [0.05, 0.1) is 11.8 Å². The van der Waals surface area contributed by atoms with Crippen LogP contribution in [-0.2, 0) is 0 Å². The standard InChI is InChI=1S/C18H16N4O/c1-13-11-17(22-19-12-14-7-3-2-4-8-14)21-18(20-13)15-9-5-6-10-16(15)23/h2-12,23H,1H3,(H,20,21,22)/b19-12-. The third-order valence-corrected chi connectivity index (χ3v) is 3.19. The quantitative estimate of drug-likeness (QED) is 0.570. The molecule has 0 aliphatic carbocycles. The zero-order valence-electron chi connectivity index (χ0n) is 12.6. The van der Waals surface area contributed by atoms with Gasteiger partial charge in [0.2, 0.25) is 0 Å². The van der Waals surface area contributed by atoms with Gasteiger partial charge >= 0.3 is 0 Å². The van der Waals surface area contributed by atoms with E-state index in [1.54, 1.807) is 30.5 Å². The molecule has 0 radical (unpaired) electrons. The Kier molecular flexibility index (Phi) is 4.29. The van der Waals surface area contributed by atoms with Crippen LogP contribution in [0.4, 0.5) is 5.82 Å². The molecular formula is C18H16N4O. The van der Waals surface area contributed by atoms with Crippen LogP contribution in [0.3, 0.4) is 0 Å². The molecule has 0 atom stereocenters. The van der Waals surface area contributed by atoms with Crippen molar-refractivity contribution in [3.05, 3.63) is 71.9 Å². The third kappa shape index (κ3) is 3.71. The van der Waals surface area contributed by atoms with Gasteiger partial charge < -0.3 is 5.11 Å². The van der Waals surface area contributed by atoms with Crippen molar-refractivity contribution < 1.29 is 5.11 Å². The number of nitrogens with one attached hydrogen (secondary N) is 1. The Morgan fingerprint density at radius 1 is 1.00 bits per heavy atom. The lowest BCUT2D eigenvalue weighted by Gasteiger charge is -2.06. The maximum atomic E-state index is 9.94. The first-order chi connectivity index (χ1) is 11.2. The Hall–Kier alpha value is -3.21. The summed E-state index contributed by atoms with van der Waals surface area (Å²) in [5, 5.41) is 14.1. The first kappa shape index (κ1) is 14.7. The van der Waals surface area contributed by atoms with Crippen molar-refractivity contribution in [2.75, 3.05) is 5.43 Å². The number of hydrogen-bond donors (Lipinski definition) is 2. The average molecular weight is 304 g/mol. The van der Waals surface area contributed by atoms with Crippen molar-refractivity contribution in [1.82, 2.24) is 9.97 Å². The second kappa shape index (κ2) is 6.70. The van der Waals surface area contributed by atoms with Crippen molar-refractivity contribution in [3.8, 4) is 17.1 Å². The number of phenolic OH excluding ortho intramolecular Hbond substituents is 1. The van der Waals surface area contributed by atoms with Crippen molar-refractivity contribution in [2.24, 2.45) is 5.10 Å². The van der Waals surface area contributed by atoms with E-state index in [2.05, 4.69) is 20.5 Å². The fraction of sp³-hybridized carbons (Fsp3) is 0.0556. The van der Waals surface area contributed by atoms with Gasteiger partial charge in [-0.15, -0.1) is 0 Å². The molecule has 114 valence electrons. The van der Waals surface area contributed by atoms with Gasteiger partial charge in [-0.2, -0.15) is 5.10 Å². The van der Waals surface area contributed by atoms with E-state index in [0.29, 0.717) is 17.2 Å². The minimum Gasteiger partial charge on any atom is -0.507 e. The van der Waals surface area contributed by atoms with Gasteiger partial charge in [0.15, 0.2) is 11.6 Å². The summed E-state index contributed by atoms with van der Waals surface area (Å²) in [6, 6.07) is 18.6. The van der Waals surface area contributed by atoms with E-state index in [9.17, 15) is 5.11 Å². The maximum absolute atomic E-state index is 9.94. The van der Waals surface area contributed by atoms with E-state index in [0.717, 1.165) is 11.3 Å². The zero-order chi connectivity index (χ0) is 16.1. The smallest absolute Gasteiger partial charge is 0.165 e. The lowest BCUT2D eigenvalue weighted by molar-refractivity contribution is 0.477. The van der Waals surface area contributed by atoms with Gasteiger partial charge in [-0.05, 0) is 24.6 Å². The molecule has 0 amide bonds. The maximum Gasteiger partial charge on any atom is 0.165 e. The molecule has 5 nitrogen and oxygen atoms in total. The van der Waals surface area contributed by atoms with Gasteiger partial charge in [-0.1, -0.05) is 42.5 Å². The Bertz CT molecular complexity index is 831. The fourth-order valence-electron chi connectivity index (χ4n) is 2.12. The number of benzene rings is 2. The predicted octanol–water partition coefficient (Wildman–Crippen LogP) is 3.60. The molecule has 0 bridgehead atoms. The van der Waals surface area contributed by atoms with Crippen LogP contribution in [0.15, 0.2) is 65.8 Å². The van der Waals surface area contributed by atoms with Crippen LogP contribution in [0, 0.1) is 6.92 Å². The summed E-state index contributed by atoms with van der Waals surface area (Å²) in [6.07, 6.45) is 1.72. The molecule has 0 unspecified atom stereocenters. The van der Waals surface area contributed by atoms with E-state index in [-0.39, 0.29) is 5.75 Å². The number of para-hydroxylation sites is 1. The highest BCUT2D eigenvalue weighted by Crippen LogP contribution is 2.26. The van der Waals surface area contributed by atoms with E-state index >= 15 is 0 Å². The minimum absolute atomic E-state index is 0.150. The monoisotopic (exact) mass is 304 g/mol. The molecule has 0 saturated carbocycles. The van der Waals surface area contributed by atoms with Gasteiger partial charge in [0.1, 0.15) is 5.75 Å². The van der Waals surface area contributed by atoms with E-state index in [1.165, 1.54) is 0 Å². The highest BCUT2D eigenvalue weighted by Gasteiger charge is 2.08. The number of aromatic nitrogens is 2. The summed E-state index contributed by atoms with van der Waals surface area (Å²) in [5.74, 6) is 1.18. The number of hydrogen-bond acceptors (Lipinski definition) is 5. The van der Waals surface area contributed by atoms with Crippen LogP contribution in [0.1, 0.15) is 11.3 Å². The Morgan fingerprint density at radius 2 is 1.74 bits per heavy atom. The van der Waals surface area contributed by atoms with Crippen LogP contribution in [0.25, 0.3) is 11.4 Å². The molecule has 0 fully saturated rings. The average Bonchev–Trinajstić information content (AvgIpc) is 2.56. The molecule has 0 aliphatic rings. The van der Waals surface area contributed by atoms with Crippen LogP contribution in [0.5, 0.6) is 5.75 Å². The number of phenols is 1. The molecule has 5 heteroatoms. The molecule has 0 saturated heterocycles. The predicted molar refractivity (Wildman–Crippen MR) is 91.5 cm³/mol. The Morgan fingerprint density at radius 3 is 2.52 bits per heavy atom. The SMILES string of the molecule is Cc1cc(N/N=C\c2ccccc2)nc(-c2ccccc2O)n1. The number of aryl methyl sites for hydroxylation is 1. The van der Waals surface area contributed by atoms with Crippen molar-refractivity contribution >= 4 is 12.0 Å². The highest BCUT2D eigenvalue weighted by atomic mass is 16.3. The molecule has 2 aromatic carbocycles. The summed E-state index contributed by atoms with van der Waals surface area (Å²) < 4.78 is 0. The molecule has 2 N–H and O–H groups in total. The summed E-state index contributed by atoms with van der Waals surface area (Å²) in [6.45, 7) is 1.87. The second-order valence-electron chi connectivity index (χ2n) is 5.02. The number of anilines is 1. The molecule has 3 aromatic rings. The largest absolute Gasteiger partial charge is 0.507 e. The van der Waals surface area contributed by atoms with Crippen molar-refractivity contribution in [3.63, 3.8) is 0 Å². The summed E-state index contributed by atoms with van der Waals surface area (Å²) in [5.41, 5.74) is 5.27. The second-order valence-corrected chi connectivity index (χ2v) is 5.02. The normalized spacial score (nSPS) is 10.8. The minimum atomic E-state index is 0.150. The molecule has 3 rings (SSSR count). The van der Waals surface area contributed by atoms with Crippen molar-refractivity contribution in [1.29, 1.82) is 0 Å².